The predicted octanol–water partition coefficient (Wildman–Crippen LogP) is 2.62. The van der Waals surface area contributed by atoms with E-state index in [2.05, 4.69) is 10.2 Å². The molecule has 0 aliphatic heterocycles. The first-order valence-corrected chi connectivity index (χ1v) is 7.39. The van der Waals surface area contributed by atoms with E-state index in [9.17, 15) is 10.1 Å². The van der Waals surface area contributed by atoms with Crippen molar-refractivity contribution in [2.24, 2.45) is 0 Å². The topological polar surface area (TPSA) is 78.6 Å². The lowest BCUT2D eigenvalue weighted by Crippen LogP contribution is -2.20. The number of unbranched alkanes of at least 4 members (excludes halogenated alkanes) is 2. The van der Waals surface area contributed by atoms with Crippen LogP contribution in [-0.4, -0.2) is 41.7 Å². The van der Waals surface area contributed by atoms with Gasteiger partial charge in [0, 0.05) is 37.5 Å². The van der Waals surface area contributed by atoms with Crippen molar-refractivity contribution in [2.75, 3.05) is 32.1 Å². The van der Waals surface area contributed by atoms with Gasteiger partial charge in [0.25, 0.3) is 5.69 Å². The number of aliphatic hydroxyl groups excluding tert-OH is 1. The fourth-order valence-corrected chi connectivity index (χ4v) is 2.23. The quantitative estimate of drug-likeness (QED) is 0.394. The Morgan fingerprint density at radius 3 is 2.71 bits per heavy atom. The molecule has 0 atom stereocenters. The Labute approximate surface area is 125 Å². The molecule has 2 N–H and O–H groups in total. The molecule has 0 aromatic heterocycles. The molecule has 0 saturated heterocycles. The zero-order chi connectivity index (χ0) is 15.7. The van der Waals surface area contributed by atoms with Crippen molar-refractivity contribution in [1.29, 1.82) is 0 Å². The molecule has 1 rings (SSSR count). The lowest BCUT2D eigenvalue weighted by atomic mass is 10.1. The van der Waals surface area contributed by atoms with E-state index in [-0.39, 0.29) is 17.2 Å². The number of nitrogens with zero attached hydrogens (tertiary/aromatic N) is 2. The third-order valence-electron chi connectivity index (χ3n) is 3.31. The van der Waals surface area contributed by atoms with Crippen molar-refractivity contribution >= 4 is 11.4 Å². The summed E-state index contributed by atoms with van der Waals surface area (Å²) in [6, 6.07) is 4.95. The summed E-state index contributed by atoms with van der Waals surface area (Å²) < 4.78 is 0. The van der Waals surface area contributed by atoms with Crippen LogP contribution in [0.3, 0.4) is 0 Å². The summed E-state index contributed by atoms with van der Waals surface area (Å²) >= 11 is 0. The van der Waals surface area contributed by atoms with Crippen molar-refractivity contribution in [1.82, 2.24) is 4.90 Å². The molecule has 0 aliphatic carbocycles. The Kier molecular flexibility index (Phi) is 7.71. The van der Waals surface area contributed by atoms with E-state index in [0.717, 1.165) is 43.6 Å². The number of hydrogen-bond donors (Lipinski definition) is 2. The standard InChI is InChI=1S/C15H25N3O3/c1-3-16-15-8-7-14(18(20)21)11-13(15)12-17(2)9-5-4-6-10-19/h7-8,11,16,19H,3-6,9-10,12H2,1-2H3. The van der Waals surface area contributed by atoms with Crippen LogP contribution < -0.4 is 5.32 Å². The second kappa shape index (κ2) is 9.31. The highest BCUT2D eigenvalue weighted by Crippen LogP contribution is 2.23. The molecular formula is C15H25N3O3. The number of anilines is 1. The van der Waals surface area contributed by atoms with Gasteiger partial charge in [-0.15, -0.1) is 0 Å². The lowest BCUT2D eigenvalue weighted by Gasteiger charge is -2.19. The van der Waals surface area contributed by atoms with Gasteiger partial charge in [-0.3, -0.25) is 10.1 Å². The monoisotopic (exact) mass is 295 g/mol. The fraction of sp³-hybridized carbons (Fsp3) is 0.600. The van der Waals surface area contributed by atoms with Gasteiger partial charge in [0.05, 0.1) is 4.92 Å². The molecule has 118 valence electrons. The molecule has 0 aliphatic rings. The van der Waals surface area contributed by atoms with Crippen LogP contribution in [0.5, 0.6) is 0 Å². The van der Waals surface area contributed by atoms with Gasteiger partial charge in [-0.05, 0) is 51.4 Å². The van der Waals surface area contributed by atoms with Crippen molar-refractivity contribution < 1.29 is 10.0 Å². The van der Waals surface area contributed by atoms with Crippen LogP contribution in [-0.2, 0) is 6.54 Å². The summed E-state index contributed by atoms with van der Waals surface area (Å²) in [5.74, 6) is 0. The Balaban J connectivity index is 2.69. The summed E-state index contributed by atoms with van der Waals surface area (Å²) in [6.45, 7) is 4.60. The molecule has 0 saturated carbocycles. The average molecular weight is 295 g/mol. The minimum absolute atomic E-state index is 0.125. The Hall–Kier alpha value is -1.66. The summed E-state index contributed by atoms with van der Waals surface area (Å²) in [5, 5.41) is 22.9. The van der Waals surface area contributed by atoms with Gasteiger partial charge >= 0.3 is 0 Å². The molecular weight excluding hydrogens is 270 g/mol. The molecule has 1 aromatic carbocycles. The second-order valence-electron chi connectivity index (χ2n) is 5.15. The van der Waals surface area contributed by atoms with E-state index in [1.165, 1.54) is 6.07 Å². The fourth-order valence-electron chi connectivity index (χ4n) is 2.23. The average Bonchev–Trinajstić information content (AvgIpc) is 2.45. The van der Waals surface area contributed by atoms with Gasteiger partial charge in [0.2, 0.25) is 0 Å². The van der Waals surface area contributed by atoms with Crippen molar-refractivity contribution in [3.05, 3.63) is 33.9 Å². The first kappa shape index (κ1) is 17.4. The van der Waals surface area contributed by atoms with Gasteiger partial charge < -0.3 is 15.3 Å². The molecule has 21 heavy (non-hydrogen) atoms. The van der Waals surface area contributed by atoms with Crippen LogP contribution in [0.4, 0.5) is 11.4 Å². The molecule has 0 fully saturated rings. The molecule has 6 nitrogen and oxygen atoms in total. The number of nitrogens with one attached hydrogen (secondary N) is 1. The molecule has 0 spiro atoms. The number of benzene rings is 1. The van der Waals surface area contributed by atoms with Gasteiger partial charge in [-0.25, -0.2) is 0 Å². The SMILES string of the molecule is CCNc1ccc([N+](=O)[O-])cc1CN(C)CCCCCO. The number of non-ortho nitro benzene ring substituents is 1. The van der Waals surface area contributed by atoms with E-state index in [1.807, 2.05) is 14.0 Å². The molecule has 0 unspecified atom stereocenters. The van der Waals surface area contributed by atoms with Crippen LogP contribution in [0.1, 0.15) is 31.7 Å². The predicted molar refractivity (Wildman–Crippen MR) is 84.5 cm³/mol. The molecule has 6 heteroatoms. The third kappa shape index (κ3) is 6.10. The Bertz CT molecular complexity index is 452. The van der Waals surface area contributed by atoms with Crippen LogP contribution in [0, 0.1) is 10.1 Å². The normalized spacial score (nSPS) is 10.9. The highest BCUT2D eigenvalue weighted by Gasteiger charge is 2.12. The smallest absolute Gasteiger partial charge is 0.269 e. The first-order chi connectivity index (χ1) is 10.1. The van der Waals surface area contributed by atoms with Crippen molar-refractivity contribution in [2.45, 2.75) is 32.7 Å². The van der Waals surface area contributed by atoms with Crippen molar-refractivity contribution in [3.8, 4) is 0 Å². The van der Waals surface area contributed by atoms with Crippen LogP contribution in [0.25, 0.3) is 0 Å². The van der Waals surface area contributed by atoms with Gasteiger partial charge in [-0.2, -0.15) is 0 Å². The number of rotatable bonds is 10. The number of aliphatic hydroxyl groups is 1. The summed E-state index contributed by atoms with van der Waals surface area (Å²) in [5.41, 5.74) is 2.02. The molecule has 0 heterocycles. The van der Waals surface area contributed by atoms with E-state index >= 15 is 0 Å². The maximum absolute atomic E-state index is 10.9. The maximum atomic E-state index is 10.9. The lowest BCUT2D eigenvalue weighted by molar-refractivity contribution is -0.384. The van der Waals surface area contributed by atoms with E-state index < -0.39 is 0 Å². The molecule has 0 bridgehead atoms. The second-order valence-corrected chi connectivity index (χ2v) is 5.15. The maximum Gasteiger partial charge on any atom is 0.269 e. The highest BCUT2D eigenvalue weighted by molar-refractivity contribution is 5.56. The summed E-state index contributed by atoms with van der Waals surface area (Å²) in [7, 11) is 2.01. The van der Waals surface area contributed by atoms with Gasteiger partial charge in [-0.1, -0.05) is 0 Å². The Morgan fingerprint density at radius 2 is 2.10 bits per heavy atom. The minimum Gasteiger partial charge on any atom is -0.396 e. The largest absolute Gasteiger partial charge is 0.396 e. The van der Waals surface area contributed by atoms with Crippen LogP contribution in [0.15, 0.2) is 18.2 Å². The minimum atomic E-state index is -0.361. The number of nitro groups is 1. The summed E-state index contributed by atoms with van der Waals surface area (Å²) in [4.78, 5) is 12.7. The van der Waals surface area contributed by atoms with Crippen molar-refractivity contribution in [3.63, 3.8) is 0 Å². The van der Waals surface area contributed by atoms with E-state index in [0.29, 0.717) is 6.54 Å². The Morgan fingerprint density at radius 1 is 1.33 bits per heavy atom. The zero-order valence-electron chi connectivity index (χ0n) is 12.8. The summed E-state index contributed by atoms with van der Waals surface area (Å²) in [6.07, 6.45) is 2.84. The molecule has 0 radical (unpaired) electrons. The van der Waals surface area contributed by atoms with Crippen LogP contribution >= 0.6 is 0 Å². The highest BCUT2D eigenvalue weighted by atomic mass is 16.6. The van der Waals surface area contributed by atoms with Gasteiger partial charge in [0.15, 0.2) is 0 Å². The van der Waals surface area contributed by atoms with E-state index in [4.69, 9.17) is 5.11 Å². The molecule has 0 amide bonds. The van der Waals surface area contributed by atoms with Crippen LogP contribution in [0.2, 0.25) is 0 Å². The molecule has 1 aromatic rings. The zero-order valence-corrected chi connectivity index (χ0v) is 12.8. The van der Waals surface area contributed by atoms with Gasteiger partial charge in [0.1, 0.15) is 0 Å². The number of nitro benzene ring substituents is 1. The van der Waals surface area contributed by atoms with E-state index in [1.54, 1.807) is 12.1 Å². The number of hydrogen-bond acceptors (Lipinski definition) is 5. The first-order valence-electron chi connectivity index (χ1n) is 7.39. The third-order valence-corrected chi connectivity index (χ3v) is 3.31.